The van der Waals surface area contributed by atoms with Crippen molar-refractivity contribution in [2.24, 2.45) is 0 Å². The first kappa shape index (κ1) is 7.08. The minimum Gasteiger partial charge on any atom is -0.294 e. The zero-order valence-corrected chi connectivity index (χ0v) is 3.68. The Morgan fingerprint density at radius 1 is 1.12 bits per heavy atom. The maximum absolute atomic E-state index is 10.1. The zero-order chi connectivity index (χ0) is 5.28. The van der Waals surface area contributed by atoms with Crippen LogP contribution in [0.3, 0.4) is 0 Å². The minimum absolute atomic E-state index is 0. The Balaban J connectivity index is 0.000000490. The maximum Gasteiger partial charge on any atom is 0.163 e. The van der Waals surface area contributed by atoms with E-state index in [0.717, 1.165) is 0 Å². The lowest BCUT2D eigenvalue weighted by molar-refractivity contribution is -0.120. The van der Waals surface area contributed by atoms with E-state index in [1.807, 2.05) is 0 Å². The van der Waals surface area contributed by atoms with Crippen molar-refractivity contribution in [2.75, 3.05) is 0 Å². The Hall–Kier alpha value is -0.920. The molecule has 2 nitrogen and oxygen atoms in total. The molecule has 0 bridgehead atoms. The van der Waals surface area contributed by atoms with Crippen LogP contribution in [0.15, 0.2) is 12.2 Å². The second-order valence-electron chi connectivity index (χ2n) is 1.44. The second kappa shape index (κ2) is 2.40. The smallest absolute Gasteiger partial charge is 0.163 e. The van der Waals surface area contributed by atoms with E-state index >= 15 is 0 Å². The molecule has 0 fully saturated rings. The van der Waals surface area contributed by atoms with Crippen LogP contribution < -0.4 is 0 Å². The van der Waals surface area contributed by atoms with Gasteiger partial charge in [-0.15, -0.1) is 0 Å². The van der Waals surface area contributed by atoms with E-state index in [1.165, 1.54) is 12.2 Å². The fourth-order valence-electron chi connectivity index (χ4n) is 0.475. The van der Waals surface area contributed by atoms with Crippen molar-refractivity contribution < 1.29 is 9.59 Å². The Kier molecular flexibility index (Phi) is 2.13. The van der Waals surface area contributed by atoms with Gasteiger partial charge >= 0.3 is 0 Å². The fraction of sp³-hybridized carbons (Fsp3) is 0.333. The van der Waals surface area contributed by atoms with E-state index < -0.39 is 0 Å². The van der Waals surface area contributed by atoms with Gasteiger partial charge in [0.1, 0.15) is 0 Å². The Morgan fingerprint density at radius 2 is 1.50 bits per heavy atom. The SMILES string of the molecule is C.O=C1C=CC(=O)C1. The largest absolute Gasteiger partial charge is 0.294 e. The minimum atomic E-state index is -0.0787. The Labute approximate surface area is 48.2 Å². The molecule has 0 spiro atoms. The standard InChI is InChI=1S/C5H4O2.CH4/c6-4-1-2-5(7)3-4;/h1-2H,3H2;1H4. The summed E-state index contributed by atoms with van der Waals surface area (Å²) in [5.74, 6) is -0.157. The molecule has 0 aliphatic heterocycles. The van der Waals surface area contributed by atoms with Gasteiger partial charge in [-0.25, -0.2) is 0 Å². The van der Waals surface area contributed by atoms with E-state index in [4.69, 9.17) is 0 Å². The quantitative estimate of drug-likeness (QED) is 0.433. The average molecular weight is 112 g/mol. The third kappa shape index (κ3) is 1.30. The summed E-state index contributed by atoms with van der Waals surface area (Å²) in [4.78, 5) is 20.3. The lowest BCUT2D eigenvalue weighted by Crippen LogP contribution is -1.90. The van der Waals surface area contributed by atoms with Crippen molar-refractivity contribution in [1.29, 1.82) is 0 Å². The molecule has 0 N–H and O–H groups in total. The molecule has 1 aliphatic carbocycles. The number of rotatable bonds is 0. The van der Waals surface area contributed by atoms with Gasteiger partial charge < -0.3 is 0 Å². The molecule has 8 heavy (non-hydrogen) atoms. The van der Waals surface area contributed by atoms with Crippen molar-refractivity contribution in [3.05, 3.63) is 12.2 Å². The average Bonchev–Trinajstić information content (AvgIpc) is 1.87. The van der Waals surface area contributed by atoms with Gasteiger partial charge in [0.15, 0.2) is 11.6 Å². The summed E-state index contributed by atoms with van der Waals surface area (Å²) in [5, 5.41) is 0. The highest BCUT2D eigenvalue weighted by atomic mass is 16.1. The van der Waals surface area contributed by atoms with Gasteiger partial charge in [-0.05, 0) is 12.2 Å². The molecule has 44 valence electrons. The van der Waals surface area contributed by atoms with Gasteiger partial charge in [0, 0.05) is 0 Å². The molecule has 1 rings (SSSR count). The molecule has 0 aromatic rings. The third-order valence-electron chi connectivity index (χ3n) is 0.804. The van der Waals surface area contributed by atoms with E-state index in [9.17, 15) is 9.59 Å². The van der Waals surface area contributed by atoms with Crippen molar-refractivity contribution in [3.8, 4) is 0 Å². The maximum atomic E-state index is 10.1. The molecule has 0 atom stereocenters. The molecule has 0 aromatic carbocycles. The van der Waals surface area contributed by atoms with E-state index in [2.05, 4.69) is 0 Å². The highest BCUT2D eigenvalue weighted by Crippen LogP contribution is 1.97. The van der Waals surface area contributed by atoms with E-state index in [-0.39, 0.29) is 25.4 Å². The molecule has 0 amide bonds. The predicted octanol–water partition coefficient (Wildman–Crippen LogP) is 0.721. The molecule has 0 radical (unpaired) electrons. The van der Waals surface area contributed by atoms with Crippen molar-refractivity contribution in [1.82, 2.24) is 0 Å². The normalized spacial score (nSPS) is 16.5. The highest BCUT2D eigenvalue weighted by Gasteiger charge is 2.09. The molecular formula is C6H8O2. The van der Waals surface area contributed by atoms with Gasteiger partial charge in [-0.3, -0.25) is 9.59 Å². The second-order valence-corrected chi connectivity index (χ2v) is 1.44. The van der Waals surface area contributed by atoms with Gasteiger partial charge in [0.05, 0.1) is 6.42 Å². The number of carbonyl (C=O) groups excluding carboxylic acids is 2. The number of ketones is 2. The van der Waals surface area contributed by atoms with Gasteiger partial charge in [-0.1, -0.05) is 7.43 Å². The van der Waals surface area contributed by atoms with Crippen LogP contribution in [0.1, 0.15) is 13.8 Å². The molecule has 0 unspecified atom stereocenters. The topological polar surface area (TPSA) is 34.1 Å². The predicted molar refractivity (Wildman–Crippen MR) is 30.5 cm³/mol. The Morgan fingerprint density at radius 3 is 1.62 bits per heavy atom. The monoisotopic (exact) mass is 112 g/mol. The number of allylic oxidation sites excluding steroid dienone is 2. The van der Waals surface area contributed by atoms with Gasteiger partial charge in [0.2, 0.25) is 0 Å². The van der Waals surface area contributed by atoms with Crippen LogP contribution in [0.2, 0.25) is 0 Å². The van der Waals surface area contributed by atoms with Gasteiger partial charge in [-0.2, -0.15) is 0 Å². The molecule has 2 heteroatoms. The molecule has 0 saturated carbocycles. The van der Waals surface area contributed by atoms with Crippen molar-refractivity contribution in [3.63, 3.8) is 0 Å². The molecule has 1 aliphatic rings. The lowest BCUT2D eigenvalue weighted by atomic mass is 10.3. The lowest BCUT2D eigenvalue weighted by Gasteiger charge is -1.72. The first-order chi connectivity index (χ1) is 3.29. The van der Waals surface area contributed by atoms with Crippen LogP contribution in [0, 0.1) is 0 Å². The summed E-state index contributed by atoms with van der Waals surface area (Å²) < 4.78 is 0. The first-order valence-electron chi connectivity index (χ1n) is 2.03. The third-order valence-corrected chi connectivity index (χ3v) is 0.804. The molecule has 0 aromatic heterocycles. The van der Waals surface area contributed by atoms with E-state index in [0.29, 0.717) is 0 Å². The van der Waals surface area contributed by atoms with Crippen molar-refractivity contribution >= 4 is 11.6 Å². The summed E-state index contributed by atoms with van der Waals surface area (Å²) in [7, 11) is 0. The summed E-state index contributed by atoms with van der Waals surface area (Å²) >= 11 is 0. The summed E-state index contributed by atoms with van der Waals surface area (Å²) in [6.07, 6.45) is 2.70. The van der Waals surface area contributed by atoms with Crippen LogP contribution in [0.4, 0.5) is 0 Å². The fourth-order valence-corrected chi connectivity index (χ4v) is 0.475. The van der Waals surface area contributed by atoms with Crippen LogP contribution >= 0.6 is 0 Å². The van der Waals surface area contributed by atoms with Crippen molar-refractivity contribution in [2.45, 2.75) is 13.8 Å². The van der Waals surface area contributed by atoms with Crippen LogP contribution in [-0.4, -0.2) is 11.6 Å². The highest BCUT2D eigenvalue weighted by molar-refractivity contribution is 6.16. The van der Waals surface area contributed by atoms with Gasteiger partial charge in [0.25, 0.3) is 0 Å². The van der Waals surface area contributed by atoms with E-state index in [1.54, 1.807) is 0 Å². The van der Waals surface area contributed by atoms with Crippen LogP contribution in [0.25, 0.3) is 0 Å². The summed E-state index contributed by atoms with van der Waals surface area (Å²) in [6, 6.07) is 0. The molecule has 0 saturated heterocycles. The van der Waals surface area contributed by atoms with Crippen LogP contribution in [0.5, 0.6) is 0 Å². The Bertz CT molecular complexity index is 129. The first-order valence-corrected chi connectivity index (χ1v) is 2.03. The molecule has 0 heterocycles. The number of hydrogen-bond acceptors (Lipinski definition) is 2. The summed E-state index contributed by atoms with van der Waals surface area (Å²) in [6.45, 7) is 0. The number of carbonyl (C=O) groups is 2. The van der Waals surface area contributed by atoms with Crippen LogP contribution in [-0.2, 0) is 9.59 Å². The zero-order valence-electron chi connectivity index (χ0n) is 3.68. The molecular weight excluding hydrogens is 104 g/mol. The number of hydrogen-bond donors (Lipinski definition) is 0. The summed E-state index contributed by atoms with van der Waals surface area (Å²) in [5.41, 5.74) is 0.